The third kappa shape index (κ3) is 6.92. The number of carbonyl (C=O) groups excluding carboxylic acids is 2. The van der Waals surface area contributed by atoms with Gasteiger partial charge in [0, 0.05) is 18.7 Å². The van der Waals surface area contributed by atoms with Crippen LogP contribution >= 0.6 is 0 Å². The number of amides is 1. The summed E-state index contributed by atoms with van der Waals surface area (Å²) in [6.45, 7) is 5.98. The number of nitrogens with zero attached hydrogens (tertiary/aromatic N) is 1. The molecule has 7 nitrogen and oxygen atoms in total. The number of anilines is 1. The Morgan fingerprint density at radius 1 is 1.26 bits per heavy atom. The summed E-state index contributed by atoms with van der Waals surface area (Å²) in [4.78, 5) is 28.4. The van der Waals surface area contributed by atoms with Crippen LogP contribution in [0, 0.1) is 0 Å². The molecule has 1 aromatic carbocycles. The van der Waals surface area contributed by atoms with Gasteiger partial charge in [-0.15, -0.1) is 0 Å². The first-order valence-electron chi connectivity index (χ1n) is 9.24. The average Bonchev–Trinajstić information content (AvgIpc) is 3.00. The number of fused-ring (bicyclic) bond motifs is 1. The number of hydrogen-bond acceptors (Lipinski definition) is 5. The molecule has 0 radical (unpaired) electrons. The van der Waals surface area contributed by atoms with Crippen molar-refractivity contribution < 1.29 is 19.1 Å². The fourth-order valence-corrected chi connectivity index (χ4v) is 2.79. The van der Waals surface area contributed by atoms with Gasteiger partial charge in [-0.25, -0.2) is 9.59 Å². The van der Waals surface area contributed by atoms with Crippen LogP contribution in [0.1, 0.15) is 45.6 Å². The largest absolute Gasteiger partial charge is 0.467 e. The summed E-state index contributed by atoms with van der Waals surface area (Å²) < 4.78 is 9.97. The van der Waals surface area contributed by atoms with Gasteiger partial charge in [0.15, 0.2) is 0 Å². The van der Waals surface area contributed by atoms with Gasteiger partial charge in [-0.2, -0.15) is 0 Å². The van der Waals surface area contributed by atoms with E-state index in [-0.39, 0.29) is 0 Å². The first kappa shape index (κ1) is 20.7. The lowest BCUT2D eigenvalue weighted by Gasteiger charge is -2.22. The van der Waals surface area contributed by atoms with Crippen LogP contribution in [0.15, 0.2) is 29.3 Å². The quantitative estimate of drug-likeness (QED) is 0.564. The molecule has 7 heteroatoms. The number of nitrogens with one attached hydrogen (secondary N) is 2. The van der Waals surface area contributed by atoms with Gasteiger partial charge < -0.3 is 20.1 Å². The van der Waals surface area contributed by atoms with Gasteiger partial charge in [0.2, 0.25) is 0 Å². The molecule has 0 bridgehead atoms. The van der Waals surface area contributed by atoms with Crippen LogP contribution in [-0.4, -0.2) is 43.2 Å². The molecule has 0 saturated carbocycles. The Balaban J connectivity index is 1.75. The highest BCUT2D eigenvalue weighted by Crippen LogP contribution is 2.22. The Hall–Kier alpha value is -2.57. The summed E-state index contributed by atoms with van der Waals surface area (Å²) in [5, 5.41) is 5.90. The smallest absolute Gasteiger partial charge is 0.408 e. The van der Waals surface area contributed by atoms with Crippen LogP contribution < -0.4 is 10.6 Å². The molecule has 1 heterocycles. The number of carbonyl (C=O) groups is 2. The van der Waals surface area contributed by atoms with Gasteiger partial charge in [-0.05, 0) is 51.7 Å². The summed E-state index contributed by atoms with van der Waals surface area (Å²) in [5.41, 5.74) is 1.75. The topological polar surface area (TPSA) is 89.0 Å². The van der Waals surface area contributed by atoms with Crippen LogP contribution in [-0.2, 0) is 20.7 Å². The minimum atomic E-state index is -0.716. The lowest BCUT2D eigenvalue weighted by atomic mass is 10.1. The monoisotopic (exact) mass is 375 g/mol. The third-order valence-electron chi connectivity index (χ3n) is 4.03. The van der Waals surface area contributed by atoms with Crippen molar-refractivity contribution in [1.82, 2.24) is 5.32 Å². The van der Waals surface area contributed by atoms with E-state index < -0.39 is 23.7 Å². The van der Waals surface area contributed by atoms with Crippen LogP contribution in [0.25, 0.3) is 0 Å². The van der Waals surface area contributed by atoms with Crippen molar-refractivity contribution in [3.05, 3.63) is 29.8 Å². The van der Waals surface area contributed by atoms with E-state index >= 15 is 0 Å². The third-order valence-corrected chi connectivity index (χ3v) is 4.03. The molecule has 148 valence electrons. The number of benzene rings is 1. The van der Waals surface area contributed by atoms with Crippen LogP contribution in [0.4, 0.5) is 10.5 Å². The van der Waals surface area contributed by atoms with Gasteiger partial charge in [-0.3, -0.25) is 4.99 Å². The second kappa shape index (κ2) is 9.39. The number of hydrogen-bond donors (Lipinski definition) is 2. The molecule has 0 unspecified atom stereocenters. The number of esters is 1. The highest BCUT2D eigenvalue weighted by Gasteiger charge is 2.24. The maximum absolute atomic E-state index is 11.9. The molecule has 0 spiro atoms. The number of alkyl carbamates (subject to hydrolysis) is 1. The Morgan fingerprint density at radius 3 is 2.67 bits per heavy atom. The number of methoxy groups -OCH3 is 1. The van der Waals surface area contributed by atoms with Gasteiger partial charge >= 0.3 is 12.1 Å². The lowest BCUT2D eigenvalue weighted by Crippen LogP contribution is -2.44. The highest BCUT2D eigenvalue weighted by atomic mass is 16.6. The second-order valence-corrected chi connectivity index (χ2v) is 7.51. The number of rotatable bonds is 7. The number of unbranched alkanes of at least 4 members (excludes halogenated alkanes) is 1. The van der Waals surface area contributed by atoms with Crippen LogP contribution in [0.2, 0.25) is 0 Å². The van der Waals surface area contributed by atoms with E-state index in [4.69, 9.17) is 9.47 Å². The zero-order valence-electron chi connectivity index (χ0n) is 16.5. The molecule has 1 atom stereocenters. The van der Waals surface area contributed by atoms with Crippen molar-refractivity contribution in [2.45, 2.75) is 58.1 Å². The molecule has 1 aromatic rings. The van der Waals surface area contributed by atoms with E-state index in [1.807, 2.05) is 18.2 Å². The predicted octanol–water partition coefficient (Wildman–Crippen LogP) is 3.29. The fourth-order valence-electron chi connectivity index (χ4n) is 2.79. The van der Waals surface area contributed by atoms with E-state index in [2.05, 4.69) is 21.7 Å². The molecule has 1 amide bonds. The van der Waals surface area contributed by atoms with Crippen molar-refractivity contribution in [3.8, 4) is 0 Å². The van der Waals surface area contributed by atoms with Gasteiger partial charge in [0.1, 0.15) is 17.5 Å². The van der Waals surface area contributed by atoms with E-state index in [9.17, 15) is 9.59 Å². The minimum Gasteiger partial charge on any atom is -0.467 e. The number of aliphatic imine (C=N–C) groups is 1. The zero-order chi connectivity index (χ0) is 19.9. The molecule has 0 aliphatic carbocycles. The summed E-state index contributed by atoms with van der Waals surface area (Å²) >= 11 is 0. The van der Waals surface area contributed by atoms with E-state index in [0.29, 0.717) is 13.0 Å². The standard InChI is InChI=1S/C20H29N3O4/c1-20(2,3)27-19(25)23-16(18(24)26-4)11-7-8-12-21-17-13-14-9-5-6-10-15(14)22-17/h5-6,9-10,16H,7-8,11-13H2,1-4H3,(H,21,22)(H,23,25)/t16-/m0/s1. The molecule has 0 fully saturated rings. The second-order valence-electron chi connectivity index (χ2n) is 7.51. The SMILES string of the molecule is COC(=O)[C@H](CCCCN=C1Cc2ccccc2N1)NC(=O)OC(C)(C)C. The molecular weight excluding hydrogens is 346 g/mol. The molecule has 2 rings (SSSR count). The first-order chi connectivity index (χ1) is 12.8. The Morgan fingerprint density at radius 2 is 2.00 bits per heavy atom. The Bertz CT molecular complexity index is 668. The highest BCUT2D eigenvalue weighted by molar-refractivity contribution is 6.02. The van der Waals surface area contributed by atoms with E-state index in [0.717, 1.165) is 30.8 Å². The number of ether oxygens (including phenoxy) is 2. The van der Waals surface area contributed by atoms with Crippen molar-refractivity contribution in [3.63, 3.8) is 0 Å². The molecule has 1 aliphatic heterocycles. The zero-order valence-corrected chi connectivity index (χ0v) is 16.5. The maximum Gasteiger partial charge on any atom is 0.408 e. The van der Waals surface area contributed by atoms with Gasteiger partial charge in [-0.1, -0.05) is 18.2 Å². The van der Waals surface area contributed by atoms with Crippen LogP contribution in [0.5, 0.6) is 0 Å². The van der Waals surface area contributed by atoms with Gasteiger partial charge in [0.25, 0.3) is 0 Å². The van der Waals surface area contributed by atoms with Crippen molar-refractivity contribution in [2.24, 2.45) is 4.99 Å². The Kier molecular flexibility index (Phi) is 7.21. The number of amidine groups is 1. The summed E-state index contributed by atoms with van der Waals surface area (Å²) in [6.07, 6.45) is 2.22. The lowest BCUT2D eigenvalue weighted by molar-refractivity contribution is -0.143. The van der Waals surface area contributed by atoms with E-state index in [1.54, 1.807) is 20.8 Å². The van der Waals surface area contributed by atoms with Crippen molar-refractivity contribution in [1.29, 1.82) is 0 Å². The molecule has 2 N–H and O–H groups in total. The summed E-state index contributed by atoms with van der Waals surface area (Å²) in [6, 6.07) is 7.44. The molecule has 0 saturated heterocycles. The normalized spacial score (nSPS) is 15.6. The van der Waals surface area contributed by atoms with E-state index in [1.165, 1.54) is 12.7 Å². The molecular formula is C20H29N3O4. The summed E-state index contributed by atoms with van der Waals surface area (Å²) in [7, 11) is 1.31. The summed E-state index contributed by atoms with van der Waals surface area (Å²) in [5.74, 6) is 0.493. The number of para-hydroxylation sites is 1. The molecule has 27 heavy (non-hydrogen) atoms. The molecule has 1 aliphatic rings. The van der Waals surface area contributed by atoms with Crippen molar-refractivity contribution >= 4 is 23.6 Å². The van der Waals surface area contributed by atoms with Crippen LogP contribution in [0.3, 0.4) is 0 Å². The fraction of sp³-hybridized carbons (Fsp3) is 0.550. The Labute approximate surface area is 160 Å². The average molecular weight is 375 g/mol. The van der Waals surface area contributed by atoms with Crippen molar-refractivity contribution in [2.75, 3.05) is 19.0 Å². The minimum absolute atomic E-state index is 0.472. The molecule has 0 aromatic heterocycles. The predicted molar refractivity (Wildman–Crippen MR) is 105 cm³/mol. The van der Waals surface area contributed by atoms with Gasteiger partial charge in [0.05, 0.1) is 7.11 Å². The first-order valence-corrected chi connectivity index (χ1v) is 9.24. The maximum atomic E-state index is 11.9.